The molecular formula is C8H12N2O2. The van der Waals surface area contributed by atoms with Crippen LogP contribution < -0.4 is 5.73 Å². The molecule has 4 nitrogen and oxygen atoms in total. The first-order valence-corrected chi connectivity index (χ1v) is 3.76. The third kappa shape index (κ3) is 1.58. The first kappa shape index (κ1) is 9.04. The van der Waals surface area contributed by atoms with Crippen molar-refractivity contribution in [2.24, 2.45) is 5.73 Å². The van der Waals surface area contributed by atoms with Crippen molar-refractivity contribution < 1.29 is 9.90 Å². The van der Waals surface area contributed by atoms with Gasteiger partial charge in [0, 0.05) is 13.1 Å². The van der Waals surface area contributed by atoms with E-state index in [2.05, 4.69) is 5.92 Å². The van der Waals surface area contributed by atoms with E-state index in [9.17, 15) is 4.79 Å². The van der Waals surface area contributed by atoms with Gasteiger partial charge in [0.15, 0.2) is 0 Å². The summed E-state index contributed by atoms with van der Waals surface area (Å²) in [6, 6.07) is 0. The van der Waals surface area contributed by atoms with Crippen LogP contribution in [0.5, 0.6) is 0 Å². The maximum absolute atomic E-state index is 10.7. The van der Waals surface area contributed by atoms with Crippen molar-refractivity contribution >= 4 is 5.97 Å². The van der Waals surface area contributed by atoms with E-state index in [1.807, 2.05) is 4.90 Å². The molecule has 66 valence electrons. The molecular weight excluding hydrogens is 156 g/mol. The van der Waals surface area contributed by atoms with Crippen molar-refractivity contribution in [3.8, 4) is 12.3 Å². The van der Waals surface area contributed by atoms with Gasteiger partial charge >= 0.3 is 5.97 Å². The lowest BCUT2D eigenvalue weighted by Crippen LogP contribution is -2.50. The minimum atomic E-state index is -1.09. The predicted octanol–water partition coefficient (Wildman–Crippen LogP) is -0.893. The summed E-state index contributed by atoms with van der Waals surface area (Å²) >= 11 is 0. The number of aliphatic carboxylic acids is 1. The Morgan fingerprint density at radius 2 is 2.50 bits per heavy atom. The Bertz CT molecular complexity index is 234. The molecule has 1 unspecified atom stereocenters. The van der Waals surface area contributed by atoms with E-state index in [1.165, 1.54) is 0 Å². The number of hydrogen-bond acceptors (Lipinski definition) is 3. The predicted molar refractivity (Wildman–Crippen MR) is 44.4 cm³/mol. The van der Waals surface area contributed by atoms with Gasteiger partial charge in [0.2, 0.25) is 0 Å². The SMILES string of the molecule is C#CCN1CCC(N)(C(=O)O)C1. The number of rotatable bonds is 2. The summed E-state index contributed by atoms with van der Waals surface area (Å²) in [5.41, 5.74) is 4.53. The van der Waals surface area contributed by atoms with Gasteiger partial charge in [0.05, 0.1) is 6.54 Å². The lowest BCUT2D eigenvalue weighted by atomic mass is 10.0. The molecule has 0 aromatic heterocycles. The molecule has 1 heterocycles. The number of likely N-dealkylation sites (tertiary alicyclic amines) is 1. The van der Waals surface area contributed by atoms with Gasteiger partial charge in [-0.15, -0.1) is 6.42 Å². The van der Waals surface area contributed by atoms with Gasteiger partial charge in [0.25, 0.3) is 0 Å². The molecule has 0 spiro atoms. The summed E-state index contributed by atoms with van der Waals surface area (Å²) in [7, 11) is 0. The fourth-order valence-electron chi connectivity index (χ4n) is 1.35. The zero-order valence-electron chi connectivity index (χ0n) is 6.79. The number of carboxylic acid groups (broad SMARTS) is 1. The first-order valence-electron chi connectivity index (χ1n) is 3.76. The Kier molecular flexibility index (Phi) is 2.36. The second kappa shape index (κ2) is 3.13. The summed E-state index contributed by atoms with van der Waals surface area (Å²) < 4.78 is 0. The number of terminal acetylenes is 1. The van der Waals surface area contributed by atoms with Crippen LogP contribution in [0.4, 0.5) is 0 Å². The van der Waals surface area contributed by atoms with E-state index in [4.69, 9.17) is 17.3 Å². The average molecular weight is 168 g/mol. The van der Waals surface area contributed by atoms with Gasteiger partial charge in [-0.25, -0.2) is 0 Å². The molecule has 1 aliphatic rings. The molecule has 0 aromatic carbocycles. The Labute approximate surface area is 71.3 Å². The van der Waals surface area contributed by atoms with Gasteiger partial charge < -0.3 is 10.8 Å². The first-order chi connectivity index (χ1) is 5.58. The van der Waals surface area contributed by atoms with E-state index < -0.39 is 11.5 Å². The lowest BCUT2D eigenvalue weighted by molar-refractivity contribution is -0.142. The van der Waals surface area contributed by atoms with Crippen LogP contribution in [0.2, 0.25) is 0 Å². The van der Waals surface area contributed by atoms with E-state index in [0.717, 1.165) is 0 Å². The topological polar surface area (TPSA) is 66.6 Å². The summed E-state index contributed by atoms with van der Waals surface area (Å²) in [5.74, 6) is 1.52. The summed E-state index contributed by atoms with van der Waals surface area (Å²) in [4.78, 5) is 12.5. The number of nitrogens with two attached hydrogens (primary N) is 1. The highest BCUT2D eigenvalue weighted by Gasteiger charge is 2.40. The smallest absolute Gasteiger partial charge is 0.325 e. The van der Waals surface area contributed by atoms with Crippen LogP contribution in [0.1, 0.15) is 6.42 Å². The van der Waals surface area contributed by atoms with E-state index in [0.29, 0.717) is 26.1 Å². The van der Waals surface area contributed by atoms with E-state index in [-0.39, 0.29) is 0 Å². The van der Waals surface area contributed by atoms with Crippen LogP contribution in [0.25, 0.3) is 0 Å². The average Bonchev–Trinajstić information content (AvgIpc) is 2.34. The Hall–Kier alpha value is -1.05. The van der Waals surface area contributed by atoms with Crippen molar-refractivity contribution in [3.05, 3.63) is 0 Å². The standard InChI is InChI=1S/C8H12N2O2/c1-2-4-10-5-3-8(9,6-10)7(11)12/h1H,3-6,9H2,(H,11,12). The molecule has 0 amide bonds. The molecule has 12 heavy (non-hydrogen) atoms. The summed E-state index contributed by atoms with van der Waals surface area (Å²) in [6.07, 6.45) is 5.57. The van der Waals surface area contributed by atoms with Crippen molar-refractivity contribution in [2.75, 3.05) is 19.6 Å². The van der Waals surface area contributed by atoms with Gasteiger partial charge in [-0.05, 0) is 6.42 Å². The quantitative estimate of drug-likeness (QED) is 0.525. The molecule has 0 radical (unpaired) electrons. The minimum absolute atomic E-state index is 0.354. The van der Waals surface area contributed by atoms with Crippen LogP contribution >= 0.6 is 0 Å². The molecule has 1 atom stereocenters. The van der Waals surface area contributed by atoms with Crippen LogP contribution in [-0.4, -0.2) is 41.1 Å². The zero-order valence-corrected chi connectivity index (χ0v) is 6.79. The largest absolute Gasteiger partial charge is 0.480 e. The Morgan fingerprint density at radius 1 is 1.83 bits per heavy atom. The van der Waals surface area contributed by atoms with Gasteiger partial charge in [0.1, 0.15) is 5.54 Å². The normalized spacial score (nSPS) is 30.0. The Balaban J connectivity index is 2.56. The molecule has 3 N–H and O–H groups in total. The maximum Gasteiger partial charge on any atom is 0.325 e. The number of hydrogen-bond donors (Lipinski definition) is 2. The fourth-order valence-corrected chi connectivity index (χ4v) is 1.35. The molecule has 0 aliphatic carbocycles. The highest BCUT2D eigenvalue weighted by molar-refractivity contribution is 5.79. The van der Waals surface area contributed by atoms with Gasteiger partial charge in [-0.3, -0.25) is 9.69 Å². The highest BCUT2D eigenvalue weighted by atomic mass is 16.4. The molecule has 4 heteroatoms. The monoisotopic (exact) mass is 168 g/mol. The number of nitrogens with zero attached hydrogens (tertiary/aromatic N) is 1. The molecule has 0 saturated carbocycles. The summed E-state index contributed by atoms with van der Waals surface area (Å²) in [6.45, 7) is 1.51. The van der Waals surface area contributed by atoms with Crippen LogP contribution in [0, 0.1) is 12.3 Å². The minimum Gasteiger partial charge on any atom is -0.480 e. The van der Waals surface area contributed by atoms with Gasteiger partial charge in [-0.2, -0.15) is 0 Å². The molecule has 1 aliphatic heterocycles. The third-order valence-corrected chi connectivity index (χ3v) is 2.12. The molecule has 1 rings (SSSR count). The summed E-state index contributed by atoms with van der Waals surface area (Å²) in [5, 5.41) is 8.76. The molecule has 1 fully saturated rings. The van der Waals surface area contributed by atoms with Crippen LogP contribution in [0.15, 0.2) is 0 Å². The lowest BCUT2D eigenvalue weighted by Gasteiger charge is -2.18. The van der Waals surface area contributed by atoms with Crippen molar-refractivity contribution in [1.82, 2.24) is 4.90 Å². The maximum atomic E-state index is 10.7. The van der Waals surface area contributed by atoms with E-state index >= 15 is 0 Å². The molecule has 0 aromatic rings. The van der Waals surface area contributed by atoms with E-state index in [1.54, 1.807) is 0 Å². The van der Waals surface area contributed by atoms with Crippen molar-refractivity contribution in [2.45, 2.75) is 12.0 Å². The number of carboxylic acids is 1. The molecule has 1 saturated heterocycles. The Morgan fingerprint density at radius 3 is 2.92 bits per heavy atom. The van der Waals surface area contributed by atoms with Crippen molar-refractivity contribution in [3.63, 3.8) is 0 Å². The molecule has 0 bridgehead atoms. The second-order valence-electron chi connectivity index (χ2n) is 3.13. The van der Waals surface area contributed by atoms with Crippen LogP contribution in [-0.2, 0) is 4.79 Å². The van der Waals surface area contributed by atoms with Crippen molar-refractivity contribution in [1.29, 1.82) is 0 Å². The number of carbonyl (C=O) groups is 1. The van der Waals surface area contributed by atoms with Gasteiger partial charge in [-0.1, -0.05) is 5.92 Å². The van der Waals surface area contributed by atoms with Crippen LogP contribution in [0.3, 0.4) is 0 Å². The third-order valence-electron chi connectivity index (χ3n) is 2.12. The fraction of sp³-hybridized carbons (Fsp3) is 0.625. The second-order valence-corrected chi connectivity index (χ2v) is 3.13. The zero-order chi connectivity index (χ0) is 9.19. The highest BCUT2D eigenvalue weighted by Crippen LogP contribution is 2.17.